The van der Waals surface area contributed by atoms with E-state index in [1.54, 1.807) is 7.11 Å². The molecule has 4 rings (SSSR count). The van der Waals surface area contributed by atoms with E-state index < -0.39 is 0 Å². The van der Waals surface area contributed by atoms with Crippen molar-refractivity contribution in [2.75, 3.05) is 19.0 Å². The Labute approximate surface area is 166 Å². The van der Waals surface area contributed by atoms with Crippen LogP contribution in [0.25, 0.3) is 0 Å². The number of nitrogens with one attached hydrogen (secondary N) is 1. The second kappa shape index (κ2) is 7.48. The first-order valence-corrected chi connectivity index (χ1v) is 9.57. The van der Waals surface area contributed by atoms with Crippen LogP contribution in [0, 0.1) is 0 Å². The van der Waals surface area contributed by atoms with E-state index in [0.717, 1.165) is 33.7 Å². The highest BCUT2D eigenvalue weighted by molar-refractivity contribution is 9.10. The molecule has 1 aliphatic rings. The molecule has 0 saturated carbocycles. The van der Waals surface area contributed by atoms with Crippen molar-refractivity contribution in [2.24, 2.45) is 0 Å². The molecule has 1 aliphatic heterocycles. The summed E-state index contributed by atoms with van der Waals surface area (Å²) in [5.74, 6) is 0.761. The van der Waals surface area contributed by atoms with Crippen molar-refractivity contribution in [3.63, 3.8) is 0 Å². The van der Waals surface area contributed by atoms with Gasteiger partial charge in [0, 0.05) is 35.1 Å². The number of hydrogen-bond donors (Lipinski definition) is 1. The van der Waals surface area contributed by atoms with Crippen LogP contribution in [0.4, 0.5) is 10.5 Å². The zero-order chi connectivity index (χ0) is 18.8. The molecule has 1 atom stereocenters. The number of nitrogens with zero attached hydrogens (tertiary/aromatic N) is 2. The SMILES string of the molecule is COc1ccc(NC(=O)N2CCn3cccc3C2c2ccc(Br)cc2)cc1. The monoisotopic (exact) mass is 425 g/mol. The van der Waals surface area contributed by atoms with Crippen LogP contribution in [-0.4, -0.2) is 29.2 Å². The number of halogens is 1. The fourth-order valence-electron chi connectivity index (χ4n) is 3.47. The molecule has 5 nitrogen and oxygen atoms in total. The third kappa shape index (κ3) is 3.57. The molecule has 1 unspecified atom stereocenters. The zero-order valence-corrected chi connectivity index (χ0v) is 16.5. The van der Waals surface area contributed by atoms with Gasteiger partial charge in [-0.2, -0.15) is 0 Å². The summed E-state index contributed by atoms with van der Waals surface area (Å²) in [4.78, 5) is 15.0. The first-order chi connectivity index (χ1) is 13.2. The summed E-state index contributed by atoms with van der Waals surface area (Å²) in [5.41, 5.74) is 2.95. The highest BCUT2D eigenvalue weighted by atomic mass is 79.9. The Morgan fingerprint density at radius 1 is 1.07 bits per heavy atom. The van der Waals surface area contributed by atoms with E-state index in [9.17, 15) is 4.79 Å². The highest BCUT2D eigenvalue weighted by Gasteiger charge is 2.32. The van der Waals surface area contributed by atoms with Gasteiger partial charge in [0.05, 0.1) is 13.2 Å². The summed E-state index contributed by atoms with van der Waals surface area (Å²) in [6.45, 7) is 1.43. The van der Waals surface area contributed by atoms with Gasteiger partial charge in [-0.1, -0.05) is 28.1 Å². The molecule has 2 amide bonds. The van der Waals surface area contributed by atoms with Crippen LogP contribution in [0.3, 0.4) is 0 Å². The van der Waals surface area contributed by atoms with Crippen LogP contribution in [0.2, 0.25) is 0 Å². The molecule has 2 aromatic carbocycles. The van der Waals surface area contributed by atoms with Crippen LogP contribution in [0.5, 0.6) is 5.75 Å². The number of fused-ring (bicyclic) bond motifs is 1. The summed E-state index contributed by atoms with van der Waals surface area (Å²) in [5, 5.41) is 3.01. The number of ether oxygens (including phenoxy) is 1. The highest BCUT2D eigenvalue weighted by Crippen LogP contribution is 2.33. The maximum atomic E-state index is 13.1. The number of anilines is 1. The molecule has 1 aromatic heterocycles. The summed E-state index contributed by atoms with van der Waals surface area (Å²) >= 11 is 3.49. The third-order valence-electron chi connectivity index (χ3n) is 4.83. The number of rotatable bonds is 3. The molecule has 3 aromatic rings. The van der Waals surface area contributed by atoms with Crippen LogP contribution in [-0.2, 0) is 6.54 Å². The van der Waals surface area contributed by atoms with E-state index in [4.69, 9.17) is 4.74 Å². The fourth-order valence-corrected chi connectivity index (χ4v) is 3.73. The smallest absolute Gasteiger partial charge is 0.322 e. The molecule has 0 spiro atoms. The lowest BCUT2D eigenvalue weighted by molar-refractivity contribution is 0.182. The number of carbonyl (C=O) groups is 1. The number of carbonyl (C=O) groups excluding carboxylic acids is 1. The molecule has 27 heavy (non-hydrogen) atoms. The third-order valence-corrected chi connectivity index (χ3v) is 5.35. The van der Waals surface area contributed by atoms with Gasteiger partial charge in [-0.05, 0) is 54.1 Å². The fraction of sp³-hybridized carbons (Fsp3) is 0.190. The van der Waals surface area contributed by atoms with E-state index in [1.165, 1.54) is 0 Å². The van der Waals surface area contributed by atoms with Gasteiger partial charge in [0.2, 0.25) is 0 Å². The molecular weight excluding hydrogens is 406 g/mol. The quantitative estimate of drug-likeness (QED) is 0.648. The molecule has 0 bridgehead atoms. The van der Waals surface area contributed by atoms with Crippen molar-refractivity contribution < 1.29 is 9.53 Å². The normalized spacial score (nSPS) is 15.9. The molecule has 138 valence electrons. The Kier molecular flexibility index (Phi) is 4.90. The van der Waals surface area contributed by atoms with Gasteiger partial charge >= 0.3 is 6.03 Å². The number of aromatic nitrogens is 1. The Balaban J connectivity index is 1.63. The average Bonchev–Trinajstić information content (AvgIpc) is 3.17. The largest absolute Gasteiger partial charge is 0.497 e. The van der Waals surface area contributed by atoms with Crippen molar-refractivity contribution in [3.05, 3.63) is 82.6 Å². The Hall–Kier alpha value is -2.73. The summed E-state index contributed by atoms with van der Waals surface area (Å²) in [6.07, 6.45) is 2.07. The van der Waals surface area contributed by atoms with E-state index in [0.29, 0.717) is 6.54 Å². The predicted octanol–water partition coefficient (Wildman–Crippen LogP) is 4.90. The second-order valence-electron chi connectivity index (χ2n) is 6.43. The van der Waals surface area contributed by atoms with E-state index >= 15 is 0 Å². The minimum atomic E-state index is -0.125. The van der Waals surface area contributed by atoms with Crippen LogP contribution < -0.4 is 10.1 Å². The van der Waals surface area contributed by atoms with Crippen molar-refractivity contribution in [3.8, 4) is 5.75 Å². The first kappa shape index (κ1) is 17.7. The zero-order valence-electron chi connectivity index (χ0n) is 14.9. The van der Waals surface area contributed by atoms with Gasteiger partial charge in [0.1, 0.15) is 5.75 Å². The van der Waals surface area contributed by atoms with Gasteiger partial charge in [-0.25, -0.2) is 4.79 Å². The lowest BCUT2D eigenvalue weighted by Crippen LogP contribution is -2.44. The minimum absolute atomic E-state index is 0.111. The molecule has 2 heterocycles. The number of urea groups is 1. The Morgan fingerprint density at radius 3 is 2.52 bits per heavy atom. The molecule has 0 fully saturated rings. The number of benzene rings is 2. The first-order valence-electron chi connectivity index (χ1n) is 8.78. The number of amides is 2. The second-order valence-corrected chi connectivity index (χ2v) is 7.35. The van der Waals surface area contributed by atoms with Gasteiger partial charge in [0.15, 0.2) is 0 Å². The average molecular weight is 426 g/mol. The Bertz CT molecular complexity index is 935. The van der Waals surface area contributed by atoms with Crippen LogP contribution in [0.15, 0.2) is 71.3 Å². The van der Waals surface area contributed by atoms with Gasteiger partial charge in [0.25, 0.3) is 0 Å². The number of methoxy groups -OCH3 is 1. The van der Waals surface area contributed by atoms with E-state index in [-0.39, 0.29) is 12.1 Å². The summed E-state index contributed by atoms with van der Waals surface area (Å²) < 4.78 is 8.41. The lowest BCUT2D eigenvalue weighted by Gasteiger charge is -2.37. The predicted molar refractivity (Wildman–Crippen MR) is 109 cm³/mol. The molecule has 0 aliphatic carbocycles. The molecule has 6 heteroatoms. The molecule has 1 N–H and O–H groups in total. The van der Waals surface area contributed by atoms with E-state index in [2.05, 4.69) is 50.2 Å². The summed E-state index contributed by atoms with van der Waals surface area (Å²) in [6, 6.07) is 19.4. The van der Waals surface area contributed by atoms with Crippen LogP contribution in [0.1, 0.15) is 17.3 Å². The van der Waals surface area contributed by atoms with Crippen molar-refractivity contribution in [1.82, 2.24) is 9.47 Å². The number of hydrogen-bond acceptors (Lipinski definition) is 2. The molecule has 0 radical (unpaired) electrons. The Morgan fingerprint density at radius 2 is 1.81 bits per heavy atom. The van der Waals surface area contributed by atoms with E-state index in [1.807, 2.05) is 47.4 Å². The van der Waals surface area contributed by atoms with Crippen molar-refractivity contribution in [2.45, 2.75) is 12.6 Å². The molecular formula is C21H20BrN3O2. The summed E-state index contributed by atoms with van der Waals surface area (Å²) in [7, 11) is 1.62. The lowest BCUT2D eigenvalue weighted by atomic mass is 10.0. The van der Waals surface area contributed by atoms with Gasteiger partial charge in [-0.3, -0.25) is 0 Å². The van der Waals surface area contributed by atoms with Crippen molar-refractivity contribution >= 4 is 27.6 Å². The van der Waals surface area contributed by atoms with Gasteiger partial charge in [-0.15, -0.1) is 0 Å². The van der Waals surface area contributed by atoms with Crippen molar-refractivity contribution in [1.29, 1.82) is 0 Å². The van der Waals surface area contributed by atoms with Gasteiger partial charge < -0.3 is 19.5 Å². The molecule has 0 saturated heterocycles. The standard InChI is InChI=1S/C21H20BrN3O2/c1-27-18-10-8-17(9-11-18)23-21(26)25-14-13-24-12-2-3-19(24)20(25)15-4-6-16(22)7-5-15/h2-12,20H,13-14H2,1H3,(H,23,26). The maximum Gasteiger partial charge on any atom is 0.322 e. The maximum absolute atomic E-state index is 13.1. The topological polar surface area (TPSA) is 46.5 Å². The van der Waals surface area contributed by atoms with Crippen LogP contribution >= 0.6 is 15.9 Å². The minimum Gasteiger partial charge on any atom is -0.497 e.